The summed E-state index contributed by atoms with van der Waals surface area (Å²) in [5, 5.41) is 0. The van der Waals surface area contributed by atoms with Crippen LogP contribution in [-0.4, -0.2) is 25.2 Å². The second-order valence-electron chi connectivity index (χ2n) is 9.10. The molecule has 0 saturated heterocycles. The highest BCUT2D eigenvalue weighted by Crippen LogP contribution is 2.32. The summed E-state index contributed by atoms with van der Waals surface area (Å²) in [4.78, 5) is 15.0. The molecule has 0 spiro atoms. The zero-order chi connectivity index (χ0) is 25.8. The molecule has 0 bridgehead atoms. The van der Waals surface area contributed by atoms with Crippen LogP contribution >= 0.6 is 0 Å². The fraction of sp³-hybridized carbons (Fsp3) is 0.167. The summed E-state index contributed by atoms with van der Waals surface area (Å²) in [5.41, 5.74) is 3.69. The minimum Gasteiger partial charge on any atom is -0.308 e. The number of benzene rings is 4. The molecule has 0 aliphatic carbocycles. The zero-order valence-corrected chi connectivity index (χ0v) is 21.1. The second-order valence-corrected chi connectivity index (χ2v) is 11.0. The third-order valence-electron chi connectivity index (χ3n) is 6.55. The smallest absolute Gasteiger partial charge is 0.258 e. The maximum Gasteiger partial charge on any atom is 0.258 e. The number of aryl methyl sites for hydroxylation is 1. The molecule has 0 aromatic heterocycles. The van der Waals surface area contributed by atoms with E-state index in [1.54, 1.807) is 23.1 Å². The van der Waals surface area contributed by atoms with E-state index in [0.29, 0.717) is 30.6 Å². The van der Waals surface area contributed by atoms with Gasteiger partial charge < -0.3 is 4.90 Å². The molecular formula is C30H27FN2O3S. The average Bonchev–Trinajstić information content (AvgIpc) is 2.93. The van der Waals surface area contributed by atoms with Crippen LogP contribution in [0.15, 0.2) is 108 Å². The van der Waals surface area contributed by atoms with Crippen molar-refractivity contribution in [2.24, 2.45) is 0 Å². The standard InChI is InChI=1S/C30H27FN2O3S/c31-27-15-13-25(14-16-27)30(34)33-19-7-12-26-20-28(17-18-29(26)33)37(35,36)32(21-23-8-3-1-4-9-23)22-24-10-5-2-6-11-24/h1-6,8-11,13-18,20H,7,12,19,21-22H2. The second kappa shape index (κ2) is 10.7. The quantitative estimate of drug-likeness (QED) is 0.313. The number of rotatable bonds is 7. The van der Waals surface area contributed by atoms with E-state index in [1.165, 1.54) is 28.6 Å². The largest absolute Gasteiger partial charge is 0.308 e. The van der Waals surface area contributed by atoms with Crippen LogP contribution in [0.3, 0.4) is 0 Å². The number of sulfonamides is 1. The summed E-state index contributed by atoms with van der Waals surface area (Å²) in [7, 11) is -3.84. The van der Waals surface area contributed by atoms with Crippen LogP contribution in [0, 0.1) is 5.82 Å². The molecular weight excluding hydrogens is 487 g/mol. The Hall–Kier alpha value is -3.81. The molecule has 0 unspecified atom stereocenters. The lowest BCUT2D eigenvalue weighted by molar-refractivity contribution is 0.0985. The normalized spacial score (nSPS) is 13.4. The molecule has 1 amide bonds. The summed E-state index contributed by atoms with van der Waals surface area (Å²) >= 11 is 0. The van der Waals surface area contributed by atoms with E-state index in [-0.39, 0.29) is 23.9 Å². The first-order valence-electron chi connectivity index (χ1n) is 12.2. The number of hydrogen-bond donors (Lipinski definition) is 0. The summed E-state index contributed by atoms with van der Waals surface area (Å²) in [6, 6.07) is 29.5. The van der Waals surface area contributed by atoms with Crippen molar-refractivity contribution in [1.82, 2.24) is 4.31 Å². The zero-order valence-electron chi connectivity index (χ0n) is 20.3. The first-order chi connectivity index (χ1) is 17.9. The molecule has 4 aromatic carbocycles. The van der Waals surface area contributed by atoms with Gasteiger partial charge >= 0.3 is 0 Å². The van der Waals surface area contributed by atoms with Crippen molar-refractivity contribution in [2.75, 3.05) is 11.4 Å². The van der Waals surface area contributed by atoms with E-state index >= 15 is 0 Å². The topological polar surface area (TPSA) is 57.7 Å². The van der Waals surface area contributed by atoms with E-state index in [0.717, 1.165) is 16.7 Å². The Bertz CT molecular complexity index is 1450. The fourth-order valence-electron chi connectivity index (χ4n) is 4.64. The summed E-state index contributed by atoms with van der Waals surface area (Å²) < 4.78 is 42.6. The minimum atomic E-state index is -3.84. The summed E-state index contributed by atoms with van der Waals surface area (Å²) in [5.74, 6) is -0.632. The van der Waals surface area contributed by atoms with Crippen LogP contribution in [0.2, 0.25) is 0 Å². The Balaban J connectivity index is 1.47. The predicted octanol–water partition coefficient (Wildman–Crippen LogP) is 5.81. The van der Waals surface area contributed by atoms with Crippen molar-refractivity contribution < 1.29 is 17.6 Å². The number of nitrogens with zero attached hydrogens (tertiary/aromatic N) is 2. The van der Waals surface area contributed by atoms with Gasteiger partial charge in [-0.2, -0.15) is 4.31 Å². The lowest BCUT2D eigenvalue weighted by Gasteiger charge is -2.30. The number of hydrogen-bond acceptors (Lipinski definition) is 3. The van der Waals surface area contributed by atoms with Crippen LogP contribution < -0.4 is 4.90 Å². The number of halogens is 1. The summed E-state index contributed by atoms with van der Waals surface area (Å²) in [6.07, 6.45) is 1.38. The van der Waals surface area contributed by atoms with Gasteiger partial charge in [0.05, 0.1) is 4.90 Å². The Kier molecular flexibility index (Phi) is 7.17. The van der Waals surface area contributed by atoms with Crippen molar-refractivity contribution in [3.05, 3.63) is 131 Å². The fourth-order valence-corrected chi connectivity index (χ4v) is 6.11. The van der Waals surface area contributed by atoms with Gasteiger partial charge in [-0.15, -0.1) is 0 Å². The Morgan fingerprint density at radius 2 is 1.41 bits per heavy atom. The molecule has 0 N–H and O–H groups in total. The number of carbonyl (C=O) groups excluding carboxylic acids is 1. The van der Waals surface area contributed by atoms with Gasteiger partial charge in [0.25, 0.3) is 5.91 Å². The van der Waals surface area contributed by atoms with Gasteiger partial charge in [-0.1, -0.05) is 60.7 Å². The first kappa shape index (κ1) is 24.9. The van der Waals surface area contributed by atoms with Crippen molar-refractivity contribution in [3.8, 4) is 0 Å². The van der Waals surface area contributed by atoms with Crippen molar-refractivity contribution in [2.45, 2.75) is 30.8 Å². The maximum atomic E-state index is 13.9. The average molecular weight is 515 g/mol. The van der Waals surface area contributed by atoms with Crippen LogP contribution in [0.1, 0.15) is 33.5 Å². The van der Waals surface area contributed by atoms with E-state index in [9.17, 15) is 17.6 Å². The van der Waals surface area contributed by atoms with Gasteiger partial charge in [0.15, 0.2) is 0 Å². The monoisotopic (exact) mass is 514 g/mol. The van der Waals surface area contributed by atoms with E-state index in [4.69, 9.17) is 0 Å². The van der Waals surface area contributed by atoms with Crippen LogP contribution in [0.4, 0.5) is 10.1 Å². The molecule has 0 fully saturated rings. The molecule has 7 heteroatoms. The van der Waals surface area contributed by atoms with Crippen molar-refractivity contribution in [1.29, 1.82) is 0 Å². The first-order valence-corrected chi connectivity index (χ1v) is 13.6. The molecule has 5 nitrogen and oxygen atoms in total. The molecule has 37 heavy (non-hydrogen) atoms. The Morgan fingerprint density at radius 3 is 2.00 bits per heavy atom. The highest BCUT2D eigenvalue weighted by molar-refractivity contribution is 7.89. The van der Waals surface area contributed by atoms with Gasteiger partial charge in [0.1, 0.15) is 5.82 Å². The molecule has 1 aliphatic rings. The van der Waals surface area contributed by atoms with Gasteiger partial charge in [0.2, 0.25) is 10.0 Å². The van der Waals surface area contributed by atoms with Crippen molar-refractivity contribution in [3.63, 3.8) is 0 Å². The number of amides is 1. The van der Waals surface area contributed by atoms with Gasteiger partial charge in [0, 0.05) is 30.9 Å². The van der Waals surface area contributed by atoms with Crippen LogP contribution in [0.5, 0.6) is 0 Å². The maximum absolute atomic E-state index is 13.9. The molecule has 0 atom stereocenters. The van der Waals surface area contributed by atoms with E-state index in [2.05, 4.69) is 0 Å². The highest BCUT2D eigenvalue weighted by Gasteiger charge is 2.29. The van der Waals surface area contributed by atoms with Crippen LogP contribution in [0.25, 0.3) is 0 Å². The molecule has 188 valence electrons. The Labute approximate surface area is 216 Å². The molecule has 0 radical (unpaired) electrons. The third-order valence-corrected chi connectivity index (χ3v) is 8.33. The number of fused-ring (bicyclic) bond motifs is 1. The minimum absolute atomic E-state index is 0.203. The van der Waals surface area contributed by atoms with E-state index in [1.807, 2.05) is 60.7 Å². The molecule has 4 aromatic rings. The predicted molar refractivity (Wildman–Crippen MR) is 142 cm³/mol. The van der Waals surface area contributed by atoms with E-state index < -0.39 is 15.8 Å². The SMILES string of the molecule is O=C(c1ccc(F)cc1)N1CCCc2cc(S(=O)(=O)N(Cc3ccccc3)Cc3ccccc3)ccc21. The van der Waals surface area contributed by atoms with Crippen molar-refractivity contribution >= 4 is 21.6 Å². The number of carbonyl (C=O) groups is 1. The molecule has 1 aliphatic heterocycles. The summed E-state index contributed by atoms with van der Waals surface area (Å²) in [6.45, 7) is 0.998. The lowest BCUT2D eigenvalue weighted by Crippen LogP contribution is -2.36. The number of anilines is 1. The van der Waals surface area contributed by atoms with Gasteiger partial charge in [-0.3, -0.25) is 4.79 Å². The Morgan fingerprint density at radius 1 is 0.811 bits per heavy atom. The van der Waals surface area contributed by atoms with Gasteiger partial charge in [-0.05, 0) is 72.0 Å². The van der Waals surface area contributed by atoms with Crippen LogP contribution in [-0.2, 0) is 29.5 Å². The molecule has 0 saturated carbocycles. The third kappa shape index (κ3) is 5.48. The highest BCUT2D eigenvalue weighted by atomic mass is 32.2. The lowest BCUT2D eigenvalue weighted by atomic mass is 10.0. The molecule has 1 heterocycles. The molecule has 5 rings (SSSR count). The van der Waals surface area contributed by atoms with Gasteiger partial charge in [-0.25, -0.2) is 12.8 Å².